The van der Waals surface area contributed by atoms with Crippen LogP contribution in [0.15, 0.2) is 76.6 Å². The van der Waals surface area contributed by atoms with Gasteiger partial charge in [-0.05, 0) is 74.6 Å². The van der Waals surface area contributed by atoms with Crippen LogP contribution in [0.2, 0.25) is 0 Å². The number of hydrogen-bond acceptors (Lipinski definition) is 5. The lowest BCUT2D eigenvalue weighted by Crippen LogP contribution is -2.63. The van der Waals surface area contributed by atoms with E-state index in [9.17, 15) is 18.0 Å². The number of fused-ring (bicyclic) bond motifs is 1. The second kappa shape index (κ2) is 8.98. The van der Waals surface area contributed by atoms with Crippen molar-refractivity contribution in [2.75, 3.05) is 11.9 Å². The Bertz CT molecular complexity index is 1360. The molecule has 0 bridgehead atoms. The molecule has 1 unspecified atom stereocenters. The molecule has 1 saturated heterocycles. The Morgan fingerprint density at radius 1 is 1.11 bits per heavy atom. The van der Waals surface area contributed by atoms with Gasteiger partial charge in [-0.2, -0.15) is 4.31 Å². The molecule has 2 aromatic carbocycles. The summed E-state index contributed by atoms with van der Waals surface area (Å²) < 4.78 is 34.3. The number of furan rings is 1. The fourth-order valence-corrected chi connectivity index (χ4v) is 6.94. The van der Waals surface area contributed by atoms with Gasteiger partial charge < -0.3 is 15.1 Å². The van der Waals surface area contributed by atoms with Crippen molar-refractivity contribution in [1.29, 1.82) is 0 Å². The van der Waals surface area contributed by atoms with Gasteiger partial charge in [0.15, 0.2) is 5.76 Å². The maximum Gasteiger partial charge on any atom is 0.291 e. The van der Waals surface area contributed by atoms with Crippen LogP contribution in [-0.4, -0.2) is 42.7 Å². The summed E-state index contributed by atoms with van der Waals surface area (Å²) in [6.07, 6.45) is 4.90. The van der Waals surface area contributed by atoms with E-state index < -0.39 is 21.5 Å². The Hall–Kier alpha value is -3.43. The van der Waals surface area contributed by atoms with Gasteiger partial charge in [0, 0.05) is 29.2 Å². The van der Waals surface area contributed by atoms with Crippen LogP contribution in [0.25, 0.3) is 11.0 Å². The van der Waals surface area contributed by atoms with E-state index in [4.69, 9.17) is 4.42 Å². The Labute approximate surface area is 204 Å². The number of piperidine rings is 1. The Morgan fingerprint density at radius 2 is 1.86 bits per heavy atom. The lowest BCUT2D eigenvalue weighted by atomic mass is 9.70. The molecule has 1 spiro atoms. The van der Waals surface area contributed by atoms with Crippen molar-refractivity contribution in [3.05, 3.63) is 73.0 Å². The molecule has 1 aliphatic heterocycles. The molecule has 5 rings (SSSR count). The first kappa shape index (κ1) is 23.3. The summed E-state index contributed by atoms with van der Waals surface area (Å²) in [6.45, 7) is 3.83. The fraction of sp³-hybridized carbons (Fsp3) is 0.308. The number of sulfonamides is 1. The standard InChI is InChI=1S/C26H27N3O5S/c1-2-24(30)27-20-12-15-29(26(17-20)13-5-14-26)35(32,33)21-10-8-19(9-11-21)28-25(31)23-16-18-6-3-4-7-22(18)34-23/h2-4,6-11,16,20H,1,5,12-15,17H2,(H,27,30)(H,28,31). The molecular formula is C26H27N3O5S. The summed E-state index contributed by atoms with van der Waals surface area (Å²) in [5, 5.41) is 6.51. The van der Waals surface area contributed by atoms with Gasteiger partial charge >= 0.3 is 0 Å². The van der Waals surface area contributed by atoms with Gasteiger partial charge in [0.1, 0.15) is 5.58 Å². The minimum Gasteiger partial charge on any atom is -0.451 e. The quantitative estimate of drug-likeness (QED) is 0.504. The third-order valence-corrected chi connectivity index (χ3v) is 9.02. The number of carbonyl (C=O) groups excluding carboxylic acids is 2. The average Bonchev–Trinajstić information content (AvgIpc) is 3.28. The summed E-state index contributed by atoms with van der Waals surface area (Å²) >= 11 is 0. The van der Waals surface area contributed by atoms with Crippen LogP contribution in [0.4, 0.5) is 5.69 Å². The van der Waals surface area contributed by atoms with Gasteiger partial charge in [-0.3, -0.25) is 9.59 Å². The number of benzene rings is 2. The highest BCUT2D eigenvalue weighted by atomic mass is 32.2. The smallest absolute Gasteiger partial charge is 0.291 e. The third-order valence-electron chi connectivity index (χ3n) is 7.00. The van der Waals surface area contributed by atoms with E-state index in [0.29, 0.717) is 30.7 Å². The average molecular weight is 494 g/mol. The van der Waals surface area contributed by atoms with E-state index in [1.54, 1.807) is 28.6 Å². The first-order valence-corrected chi connectivity index (χ1v) is 13.1. The summed E-state index contributed by atoms with van der Waals surface area (Å²) in [6, 6.07) is 15.1. The Morgan fingerprint density at radius 3 is 2.51 bits per heavy atom. The van der Waals surface area contributed by atoms with E-state index >= 15 is 0 Å². The van der Waals surface area contributed by atoms with Crippen LogP contribution in [0.1, 0.15) is 42.7 Å². The molecule has 1 atom stereocenters. The van der Waals surface area contributed by atoms with Crippen LogP contribution < -0.4 is 10.6 Å². The van der Waals surface area contributed by atoms with E-state index in [0.717, 1.165) is 24.6 Å². The van der Waals surface area contributed by atoms with Crippen molar-refractivity contribution in [1.82, 2.24) is 9.62 Å². The van der Waals surface area contributed by atoms with Gasteiger partial charge in [-0.1, -0.05) is 24.8 Å². The summed E-state index contributed by atoms with van der Waals surface area (Å²) in [4.78, 5) is 24.5. The fourth-order valence-electron chi connectivity index (χ4n) is 5.09. The molecule has 2 N–H and O–H groups in total. The van der Waals surface area contributed by atoms with Gasteiger partial charge in [0.2, 0.25) is 15.9 Å². The first-order valence-electron chi connectivity index (χ1n) is 11.7. The molecule has 1 saturated carbocycles. The van der Waals surface area contributed by atoms with Crippen LogP contribution in [0, 0.1) is 0 Å². The van der Waals surface area contributed by atoms with E-state index in [1.807, 2.05) is 18.2 Å². The summed E-state index contributed by atoms with van der Waals surface area (Å²) in [7, 11) is -3.73. The highest BCUT2D eigenvalue weighted by molar-refractivity contribution is 7.89. The number of anilines is 1. The predicted molar refractivity (Wildman–Crippen MR) is 132 cm³/mol. The number of carbonyl (C=O) groups is 2. The van der Waals surface area contributed by atoms with Crippen LogP contribution in [0.3, 0.4) is 0 Å². The lowest BCUT2D eigenvalue weighted by molar-refractivity contribution is -0.117. The molecule has 0 radical (unpaired) electrons. The zero-order chi connectivity index (χ0) is 24.6. The maximum absolute atomic E-state index is 13.6. The van der Waals surface area contributed by atoms with E-state index in [2.05, 4.69) is 17.2 Å². The number of rotatable bonds is 6. The number of amides is 2. The van der Waals surface area contributed by atoms with Crippen molar-refractivity contribution < 1.29 is 22.4 Å². The number of nitrogens with zero attached hydrogens (tertiary/aromatic N) is 1. The molecule has 35 heavy (non-hydrogen) atoms. The second-order valence-corrected chi connectivity index (χ2v) is 11.0. The van der Waals surface area contributed by atoms with Crippen molar-refractivity contribution >= 4 is 38.5 Å². The second-order valence-electron chi connectivity index (χ2n) is 9.18. The molecule has 2 fully saturated rings. The Balaban J connectivity index is 1.30. The highest BCUT2D eigenvalue weighted by Crippen LogP contribution is 2.47. The largest absolute Gasteiger partial charge is 0.451 e. The predicted octanol–water partition coefficient (Wildman–Crippen LogP) is 4.06. The third kappa shape index (κ3) is 4.37. The van der Waals surface area contributed by atoms with E-state index in [1.165, 1.54) is 18.2 Å². The molecule has 3 aromatic rings. The first-order chi connectivity index (χ1) is 16.8. The molecule has 8 nitrogen and oxygen atoms in total. The minimum atomic E-state index is -3.73. The minimum absolute atomic E-state index is 0.0666. The maximum atomic E-state index is 13.6. The zero-order valence-electron chi connectivity index (χ0n) is 19.2. The number of nitrogens with one attached hydrogen (secondary N) is 2. The van der Waals surface area contributed by atoms with Crippen molar-refractivity contribution in [3.8, 4) is 0 Å². The van der Waals surface area contributed by atoms with Gasteiger partial charge in [-0.15, -0.1) is 0 Å². The molecular weight excluding hydrogens is 466 g/mol. The molecule has 2 amide bonds. The van der Waals surface area contributed by atoms with E-state index in [-0.39, 0.29) is 22.6 Å². The zero-order valence-corrected chi connectivity index (χ0v) is 20.0. The van der Waals surface area contributed by atoms with Gasteiger partial charge in [-0.25, -0.2) is 8.42 Å². The SMILES string of the molecule is C=CC(=O)NC1CCN(S(=O)(=O)c2ccc(NC(=O)c3cc4ccccc4o3)cc2)C2(CCC2)C1. The van der Waals surface area contributed by atoms with Crippen LogP contribution in [-0.2, 0) is 14.8 Å². The van der Waals surface area contributed by atoms with Crippen LogP contribution in [0.5, 0.6) is 0 Å². The summed E-state index contributed by atoms with van der Waals surface area (Å²) in [5.74, 6) is -0.462. The normalized spacial score (nSPS) is 19.7. The molecule has 182 valence electrons. The highest BCUT2D eigenvalue weighted by Gasteiger charge is 2.51. The molecule has 2 heterocycles. The lowest BCUT2D eigenvalue weighted by Gasteiger charge is -2.54. The van der Waals surface area contributed by atoms with Crippen molar-refractivity contribution in [3.63, 3.8) is 0 Å². The van der Waals surface area contributed by atoms with Crippen LogP contribution >= 0.6 is 0 Å². The Kier molecular flexibility index (Phi) is 5.98. The molecule has 2 aliphatic rings. The molecule has 1 aromatic heterocycles. The van der Waals surface area contributed by atoms with Crippen molar-refractivity contribution in [2.45, 2.75) is 48.6 Å². The van der Waals surface area contributed by atoms with Gasteiger partial charge in [0.05, 0.1) is 4.90 Å². The van der Waals surface area contributed by atoms with Gasteiger partial charge in [0.25, 0.3) is 5.91 Å². The molecule has 1 aliphatic carbocycles. The summed E-state index contributed by atoms with van der Waals surface area (Å²) in [5.41, 5.74) is 0.625. The number of hydrogen-bond donors (Lipinski definition) is 2. The topological polar surface area (TPSA) is 109 Å². The number of para-hydroxylation sites is 1. The molecule has 9 heteroatoms. The van der Waals surface area contributed by atoms with Crippen molar-refractivity contribution in [2.24, 2.45) is 0 Å². The monoisotopic (exact) mass is 493 g/mol.